The third-order valence-electron chi connectivity index (χ3n) is 5.50. The first kappa shape index (κ1) is 16.3. The number of hydrogen-bond acceptors (Lipinski definition) is 5. The van der Waals surface area contributed by atoms with Crippen LogP contribution >= 0.6 is 11.3 Å². The van der Waals surface area contributed by atoms with E-state index in [2.05, 4.69) is 18.2 Å². The number of nitriles is 3. The molecule has 4 nitrogen and oxygen atoms in total. The van der Waals surface area contributed by atoms with Gasteiger partial charge in [-0.25, -0.2) is 0 Å². The van der Waals surface area contributed by atoms with Crippen LogP contribution in [0.15, 0.2) is 47.4 Å². The topological polar surface area (TPSA) is 95.2 Å². The fourth-order valence-corrected chi connectivity index (χ4v) is 5.33. The molecule has 0 spiro atoms. The minimum atomic E-state index is -1.63. The van der Waals surface area contributed by atoms with Crippen molar-refractivity contribution in [3.8, 4) is 18.2 Å². The van der Waals surface area contributed by atoms with Crippen LogP contribution in [0.25, 0.3) is 5.57 Å². The molecule has 0 fully saturated rings. The number of aryl methyl sites for hydroxylation is 1. The van der Waals surface area contributed by atoms with Gasteiger partial charge in [0.1, 0.15) is 6.07 Å². The zero-order valence-electron chi connectivity index (χ0n) is 13.9. The Bertz CT molecular complexity index is 1040. The molecule has 0 saturated heterocycles. The predicted octanol–water partition coefficient (Wildman–Crippen LogP) is 4.44. The Morgan fingerprint density at radius 1 is 1.08 bits per heavy atom. The van der Waals surface area contributed by atoms with Crippen molar-refractivity contribution in [2.75, 3.05) is 0 Å². The lowest BCUT2D eigenvalue weighted by Crippen LogP contribution is -2.44. The number of rotatable bonds is 1. The fourth-order valence-electron chi connectivity index (χ4n) is 4.37. The van der Waals surface area contributed by atoms with Crippen LogP contribution < -0.4 is 0 Å². The van der Waals surface area contributed by atoms with Gasteiger partial charge in [0, 0.05) is 10.8 Å². The van der Waals surface area contributed by atoms with Gasteiger partial charge in [0.2, 0.25) is 0 Å². The van der Waals surface area contributed by atoms with Crippen molar-refractivity contribution in [2.45, 2.75) is 18.8 Å². The van der Waals surface area contributed by atoms with E-state index in [0.29, 0.717) is 0 Å². The van der Waals surface area contributed by atoms with E-state index < -0.39 is 11.3 Å². The van der Waals surface area contributed by atoms with Gasteiger partial charge >= 0.3 is 0 Å². The zero-order chi connectivity index (χ0) is 18.3. The third kappa shape index (κ3) is 2.00. The lowest BCUT2D eigenvalue weighted by Gasteiger charge is -2.43. The Labute approximate surface area is 155 Å². The Kier molecular flexibility index (Phi) is 3.73. The lowest BCUT2D eigenvalue weighted by atomic mass is 9.56. The smallest absolute Gasteiger partial charge is 0.194 e. The molecule has 2 aliphatic carbocycles. The standard InChI is InChI=1S/C21H14N4S/c22-10-16-18-14-5-2-1-4-13(14)7-8-15(18)19(17-6-3-9-26-17)21(11-23,12-24)20(16)25/h1-6,9,15,19,25H,7-8H2/t15-,19-/m1/s1. The van der Waals surface area contributed by atoms with Crippen LogP contribution in [0.5, 0.6) is 0 Å². The number of hydrogen-bond donors (Lipinski definition) is 1. The van der Waals surface area contributed by atoms with Gasteiger partial charge in [-0.1, -0.05) is 30.3 Å². The maximum Gasteiger partial charge on any atom is 0.194 e. The molecule has 4 rings (SSSR count). The van der Waals surface area contributed by atoms with E-state index in [0.717, 1.165) is 34.4 Å². The highest BCUT2D eigenvalue weighted by Gasteiger charge is 2.56. The highest BCUT2D eigenvalue weighted by molar-refractivity contribution is 7.10. The molecule has 0 unspecified atom stereocenters. The van der Waals surface area contributed by atoms with Crippen LogP contribution in [0.4, 0.5) is 0 Å². The van der Waals surface area contributed by atoms with Crippen molar-refractivity contribution in [3.63, 3.8) is 0 Å². The van der Waals surface area contributed by atoms with Crippen LogP contribution in [-0.2, 0) is 6.42 Å². The lowest BCUT2D eigenvalue weighted by molar-refractivity contribution is 0.392. The Morgan fingerprint density at radius 2 is 1.85 bits per heavy atom. The highest BCUT2D eigenvalue weighted by Crippen LogP contribution is 2.57. The molecule has 2 aliphatic rings. The second-order valence-electron chi connectivity index (χ2n) is 6.60. The van der Waals surface area contributed by atoms with Crippen molar-refractivity contribution in [1.82, 2.24) is 0 Å². The predicted molar refractivity (Wildman–Crippen MR) is 99.2 cm³/mol. The second kappa shape index (κ2) is 5.95. The molecule has 0 amide bonds. The summed E-state index contributed by atoms with van der Waals surface area (Å²) in [7, 11) is 0. The van der Waals surface area contributed by atoms with Crippen molar-refractivity contribution in [2.24, 2.45) is 11.3 Å². The van der Waals surface area contributed by atoms with Gasteiger partial charge in [-0.05, 0) is 46.9 Å². The molecule has 1 N–H and O–H groups in total. The van der Waals surface area contributed by atoms with Crippen LogP contribution in [0.2, 0.25) is 0 Å². The van der Waals surface area contributed by atoms with Gasteiger partial charge in [0.05, 0.1) is 23.4 Å². The largest absolute Gasteiger partial charge is 0.301 e. The summed E-state index contributed by atoms with van der Waals surface area (Å²) in [6.07, 6.45) is 1.60. The molecule has 2 atom stereocenters. The minimum Gasteiger partial charge on any atom is -0.301 e. The van der Waals surface area contributed by atoms with E-state index in [4.69, 9.17) is 5.41 Å². The summed E-state index contributed by atoms with van der Waals surface area (Å²) in [6, 6.07) is 18.1. The van der Waals surface area contributed by atoms with Gasteiger partial charge in [-0.2, -0.15) is 15.8 Å². The van der Waals surface area contributed by atoms with E-state index in [1.54, 1.807) is 0 Å². The summed E-state index contributed by atoms with van der Waals surface area (Å²) < 4.78 is 0. The molecule has 1 heterocycles. The maximum absolute atomic E-state index is 9.94. The molecule has 0 bridgehead atoms. The number of allylic oxidation sites excluding steroid dienone is 2. The average molecular weight is 354 g/mol. The van der Waals surface area contributed by atoms with Crippen LogP contribution in [0.1, 0.15) is 28.3 Å². The third-order valence-corrected chi connectivity index (χ3v) is 6.46. The number of fused-ring (bicyclic) bond motifs is 3. The molecule has 1 aromatic heterocycles. The maximum atomic E-state index is 9.94. The molecule has 2 aromatic rings. The van der Waals surface area contributed by atoms with E-state index >= 15 is 0 Å². The molecule has 1 aromatic carbocycles. The van der Waals surface area contributed by atoms with Crippen molar-refractivity contribution in [1.29, 1.82) is 21.2 Å². The molecule has 124 valence electrons. The first-order valence-corrected chi connectivity index (χ1v) is 9.23. The molecular weight excluding hydrogens is 340 g/mol. The van der Waals surface area contributed by atoms with Gasteiger partial charge < -0.3 is 5.41 Å². The Hall–Kier alpha value is -3.20. The quantitative estimate of drug-likeness (QED) is 0.820. The fraction of sp³-hybridized carbons (Fsp3) is 0.238. The van der Waals surface area contributed by atoms with Crippen LogP contribution in [0, 0.1) is 50.7 Å². The Morgan fingerprint density at radius 3 is 2.50 bits per heavy atom. The summed E-state index contributed by atoms with van der Waals surface area (Å²) >= 11 is 1.51. The van der Waals surface area contributed by atoms with Crippen molar-refractivity contribution < 1.29 is 0 Å². The number of nitrogens with one attached hydrogen (secondary N) is 1. The van der Waals surface area contributed by atoms with E-state index in [1.165, 1.54) is 11.3 Å². The van der Waals surface area contributed by atoms with E-state index in [9.17, 15) is 15.8 Å². The van der Waals surface area contributed by atoms with Crippen molar-refractivity contribution in [3.05, 3.63) is 63.4 Å². The number of nitrogens with zero attached hydrogens (tertiary/aromatic N) is 3. The van der Waals surface area contributed by atoms with Gasteiger partial charge in [-0.15, -0.1) is 11.3 Å². The first-order chi connectivity index (χ1) is 12.7. The number of thiophene rings is 1. The van der Waals surface area contributed by atoms with Gasteiger partial charge in [0.15, 0.2) is 5.41 Å². The average Bonchev–Trinajstić information content (AvgIpc) is 3.21. The number of benzene rings is 1. The molecule has 0 aliphatic heterocycles. The van der Waals surface area contributed by atoms with Gasteiger partial charge in [-0.3, -0.25) is 0 Å². The molecule has 26 heavy (non-hydrogen) atoms. The Balaban J connectivity index is 2.07. The van der Waals surface area contributed by atoms with Crippen LogP contribution in [0.3, 0.4) is 0 Å². The molecular formula is C21H14N4S. The minimum absolute atomic E-state index is 0.119. The van der Waals surface area contributed by atoms with Gasteiger partial charge in [0.25, 0.3) is 0 Å². The highest BCUT2D eigenvalue weighted by atomic mass is 32.1. The monoisotopic (exact) mass is 354 g/mol. The van der Waals surface area contributed by atoms with Crippen molar-refractivity contribution >= 4 is 22.6 Å². The summed E-state index contributed by atoms with van der Waals surface area (Å²) in [5.41, 5.74) is 1.38. The van der Waals surface area contributed by atoms with E-state index in [-0.39, 0.29) is 17.2 Å². The summed E-state index contributed by atoms with van der Waals surface area (Å²) in [4.78, 5) is 0.928. The summed E-state index contributed by atoms with van der Waals surface area (Å²) in [5, 5.41) is 40.2. The molecule has 0 radical (unpaired) electrons. The summed E-state index contributed by atoms with van der Waals surface area (Å²) in [5.74, 6) is -0.544. The first-order valence-electron chi connectivity index (χ1n) is 8.35. The second-order valence-corrected chi connectivity index (χ2v) is 7.58. The van der Waals surface area contributed by atoms with Crippen LogP contribution in [-0.4, -0.2) is 5.71 Å². The SMILES string of the molecule is N#CC1=C2c3ccccc3CC[C@H]2[C@H](c2cccs2)C(C#N)(C#N)C1=N. The van der Waals surface area contributed by atoms with E-state index in [1.807, 2.05) is 41.8 Å². The molecule has 0 saturated carbocycles. The zero-order valence-corrected chi connectivity index (χ0v) is 14.7. The summed E-state index contributed by atoms with van der Waals surface area (Å²) in [6.45, 7) is 0. The molecule has 5 heteroatoms. The normalized spacial score (nSPS) is 23.2.